The van der Waals surface area contributed by atoms with E-state index in [2.05, 4.69) is 142 Å². The molecule has 0 aliphatic carbocycles. The summed E-state index contributed by atoms with van der Waals surface area (Å²) in [5, 5.41) is 0. The van der Waals surface area contributed by atoms with Gasteiger partial charge in [-0.3, -0.25) is 14.4 Å². The lowest BCUT2D eigenvalue weighted by Crippen LogP contribution is -2.30. The Bertz CT molecular complexity index is 1550. The van der Waals surface area contributed by atoms with Gasteiger partial charge in [0.15, 0.2) is 6.10 Å². The first-order chi connectivity index (χ1) is 35.0. The van der Waals surface area contributed by atoms with Gasteiger partial charge in [-0.1, -0.05) is 257 Å². The first-order valence-corrected chi connectivity index (χ1v) is 28.7. The van der Waals surface area contributed by atoms with Crippen LogP contribution in [0.15, 0.2) is 134 Å². The molecule has 0 aliphatic rings. The summed E-state index contributed by atoms with van der Waals surface area (Å²) in [6.45, 7) is 6.30. The molecule has 0 radical (unpaired) electrons. The van der Waals surface area contributed by atoms with E-state index in [-0.39, 0.29) is 31.6 Å². The normalized spacial score (nSPS) is 13.1. The smallest absolute Gasteiger partial charge is 0.310 e. The number of allylic oxidation sites excluding steroid dienone is 21. The molecule has 1 unspecified atom stereocenters. The number of hydrogen-bond acceptors (Lipinski definition) is 6. The second-order valence-corrected chi connectivity index (χ2v) is 18.5. The molecule has 0 aromatic rings. The lowest BCUT2D eigenvalue weighted by molar-refractivity contribution is -0.166. The Morgan fingerprint density at radius 2 is 0.592 bits per heavy atom. The average Bonchev–Trinajstić information content (AvgIpc) is 3.37. The van der Waals surface area contributed by atoms with Gasteiger partial charge in [0.05, 0.1) is 6.42 Å². The van der Waals surface area contributed by atoms with Crippen LogP contribution in [-0.4, -0.2) is 37.2 Å². The van der Waals surface area contributed by atoms with E-state index in [0.29, 0.717) is 19.3 Å². The predicted octanol–water partition coefficient (Wildman–Crippen LogP) is 19.4. The van der Waals surface area contributed by atoms with E-state index in [0.717, 1.165) is 109 Å². The second kappa shape index (κ2) is 58.1. The highest BCUT2D eigenvalue weighted by molar-refractivity contribution is 5.72. The van der Waals surface area contributed by atoms with Crippen LogP contribution in [0.5, 0.6) is 0 Å². The Kier molecular flexibility index (Phi) is 54.5. The molecule has 400 valence electrons. The molecule has 0 N–H and O–H groups in total. The molecule has 1 atom stereocenters. The number of hydrogen-bond donors (Lipinski definition) is 0. The SMILES string of the molecule is CC/C=C\C/C=C\C/C=C\C/C=C\C/C=C\C/C=C\CCCCCCCCCCC(=O)OCC(COC(=O)CCCCCCCCCCCCC)OC(=O)C/C=C\C/C=C\C/C=C\C/C=C\C/C=C\CC. The van der Waals surface area contributed by atoms with E-state index >= 15 is 0 Å². The van der Waals surface area contributed by atoms with E-state index in [1.54, 1.807) is 6.08 Å². The largest absolute Gasteiger partial charge is 0.462 e. The monoisotopic (exact) mass is 981 g/mol. The van der Waals surface area contributed by atoms with Gasteiger partial charge in [0, 0.05) is 12.8 Å². The van der Waals surface area contributed by atoms with Crippen molar-refractivity contribution in [1.82, 2.24) is 0 Å². The summed E-state index contributed by atoms with van der Waals surface area (Å²) in [6, 6.07) is 0. The standard InChI is InChI=1S/C65H104O6/c1-4-7-10-13-16-19-22-24-26-27-28-29-30-31-32-33-34-35-36-37-39-40-43-46-49-52-55-58-64(67)70-61-62(60-69-63(66)57-54-51-48-45-42-21-18-15-12-9-6-3)71-65(68)59-56-53-50-47-44-41-38-25-23-20-17-14-11-8-5-2/h7-8,10-11,16-17,19-20,24-26,28-29,31-32,34-35,38,44,47,53,56,62H,4-6,9,12-15,18,21-23,27,30,33,36-37,39-43,45-46,48-52,54-55,57-61H2,1-3H3/b10-7-,11-8-,19-16-,20-17-,26-24-,29-28-,32-31-,35-34-,38-25-,47-44-,56-53-. The van der Waals surface area contributed by atoms with Gasteiger partial charge in [-0.15, -0.1) is 0 Å². The molecule has 0 aromatic carbocycles. The van der Waals surface area contributed by atoms with Crippen molar-refractivity contribution in [2.24, 2.45) is 0 Å². The van der Waals surface area contributed by atoms with Crippen molar-refractivity contribution >= 4 is 17.9 Å². The molecular formula is C65H104O6. The van der Waals surface area contributed by atoms with Gasteiger partial charge in [-0.25, -0.2) is 0 Å². The lowest BCUT2D eigenvalue weighted by atomic mass is 10.1. The molecule has 0 amide bonds. The van der Waals surface area contributed by atoms with Gasteiger partial charge in [0.25, 0.3) is 0 Å². The molecule has 0 aliphatic heterocycles. The van der Waals surface area contributed by atoms with Crippen molar-refractivity contribution in [2.75, 3.05) is 13.2 Å². The summed E-state index contributed by atoms with van der Waals surface area (Å²) in [4.78, 5) is 38.0. The summed E-state index contributed by atoms with van der Waals surface area (Å²) < 4.78 is 16.7. The Labute approximate surface area is 436 Å². The zero-order chi connectivity index (χ0) is 51.4. The molecule has 6 heteroatoms. The van der Waals surface area contributed by atoms with E-state index in [1.807, 2.05) is 6.08 Å². The van der Waals surface area contributed by atoms with Crippen LogP contribution in [0.2, 0.25) is 0 Å². The number of rotatable bonds is 50. The maximum Gasteiger partial charge on any atom is 0.310 e. The third kappa shape index (κ3) is 56.3. The Morgan fingerprint density at radius 3 is 0.930 bits per heavy atom. The Morgan fingerprint density at radius 1 is 0.310 bits per heavy atom. The zero-order valence-electron chi connectivity index (χ0n) is 45.7. The van der Waals surface area contributed by atoms with Gasteiger partial charge in [0.1, 0.15) is 13.2 Å². The number of carbonyl (C=O) groups excluding carboxylic acids is 3. The Balaban J connectivity index is 4.39. The van der Waals surface area contributed by atoms with Gasteiger partial charge >= 0.3 is 17.9 Å². The molecule has 0 rings (SSSR count). The minimum atomic E-state index is -0.838. The van der Waals surface area contributed by atoms with Gasteiger partial charge in [0.2, 0.25) is 0 Å². The van der Waals surface area contributed by atoms with Crippen molar-refractivity contribution in [3.8, 4) is 0 Å². The highest BCUT2D eigenvalue weighted by Crippen LogP contribution is 2.14. The van der Waals surface area contributed by atoms with Crippen LogP contribution in [-0.2, 0) is 28.6 Å². The molecule has 0 saturated carbocycles. The second-order valence-electron chi connectivity index (χ2n) is 18.5. The van der Waals surface area contributed by atoms with Crippen LogP contribution < -0.4 is 0 Å². The molecule has 71 heavy (non-hydrogen) atoms. The molecule has 0 fully saturated rings. The van der Waals surface area contributed by atoms with Gasteiger partial charge in [-0.2, -0.15) is 0 Å². The number of esters is 3. The lowest BCUT2D eigenvalue weighted by Gasteiger charge is -2.18. The minimum absolute atomic E-state index is 0.0914. The predicted molar refractivity (Wildman–Crippen MR) is 306 cm³/mol. The van der Waals surface area contributed by atoms with Crippen LogP contribution in [0.25, 0.3) is 0 Å². The fourth-order valence-corrected chi connectivity index (χ4v) is 7.46. The third-order valence-corrected chi connectivity index (χ3v) is 11.7. The van der Waals surface area contributed by atoms with E-state index in [1.165, 1.54) is 83.5 Å². The molecule has 0 spiro atoms. The number of ether oxygens (including phenoxy) is 3. The summed E-state index contributed by atoms with van der Waals surface area (Å²) in [7, 11) is 0. The van der Waals surface area contributed by atoms with Crippen molar-refractivity contribution in [3.63, 3.8) is 0 Å². The highest BCUT2D eigenvalue weighted by Gasteiger charge is 2.19. The van der Waals surface area contributed by atoms with Crippen molar-refractivity contribution < 1.29 is 28.6 Å². The van der Waals surface area contributed by atoms with E-state index in [9.17, 15) is 14.4 Å². The topological polar surface area (TPSA) is 78.9 Å². The number of carbonyl (C=O) groups is 3. The first kappa shape index (κ1) is 66.6. The summed E-state index contributed by atoms with van der Waals surface area (Å²) in [6.07, 6.45) is 81.9. The minimum Gasteiger partial charge on any atom is -0.462 e. The molecular weight excluding hydrogens is 877 g/mol. The molecule has 0 saturated heterocycles. The van der Waals surface area contributed by atoms with Crippen LogP contribution in [0.3, 0.4) is 0 Å². The fraction of sp³-hybridized carbons (Fsp3) is 0.615. The van der Waals surface area contributed by atoms with E-state index < -0.39 is 12.1 Å². The van der Waals surface area contributed by atoms with Crippen LogP contribution in [0.4, 0.5) is 0 Å². The average molecular weight is 982 g/mol. The first-order valence-electron chi connectivity index (χ1n) is 28.7. The molecule has 0 bridgehead atoms. The van der Waals surface area contributed by atoms with Crippen LogP contribution in [0.1, 0.15) is 239 Å². The van der Waals surface area contributed by atoms with Gasteiger partial charge < -0.3 is 14.2 Å². The molecule has 0 aromatic heterocycles. The summed E-state index contributed by atoms with van der Waals surface area (Å²) >= 11 is 0. The van der Waals surface area contributed by atoms with Crippen molar-refractivity contribution in [3.05, 3.63) is 134 Å². The molecule has 6 nitrogen and oxygen atoms in total. The summed E-state index contributed by atoms with van der Waals surface area (Å²) in [5.41, 5.74) is 0. The number of unbranched alkanes of at least 4 members (excludes halogenated alkanes) is 18. The van der Waals surface area contributed by atoms with Crippen molar-refractivity contribution in [2.45, 2.75) is 245 Å². The molecule has 0 heterocycles. The van der Waals surface area contributed by atoms with Crippen LogP contribution in [0, 0.1) is 0 Å². The quantitative estimate of drug-likeness (QED) is 0.0262. The van der Waals surface area contributed by atoms with E-state index in [4.69, 9.17) is 14.2 Å². The fourth-order valence-electron chi connectivity index (χ4n) is 7.46. The maximum absolute atomic E-state index is 12.8. The van der Waals surface area contributed by atoms with Crippen molar-refractivity contribution in [1.29, 1.82) is 0 Å². The van der Waals surface area contributed by atoms with Crippen LogP contribution >= 0.6 is 0 Å². The zero-order valence-corrected chi connectivity index (χ0v) is 45.7. The Hall–Kier alpha value is -4.45. The summed E-state index contributed by atoms with van der Waals surface area (Å²) in [5.74, 6) is -1.07. The maximum atomic E-state index is 12.8. The van der Waals surface area contributed by atoms with Gasteiger partial charge in [-0.05, 0) is 96.3 Å². The highest BCUT2D eigenvalue weighted by atomic mass is 16.6. The third-order valence-electron chi connectivity index (χ3n) is 11.7.